The number of halogens is 4. The quantitative estimate of drug-likeness (QED) is 0.627. The predicted octanol–water partition coefficient (Wildman–Crippen LogP) is 5.82. The first kappa shape index (κ1) is 15.0. The summed E-state index contributed by atoms with van der Waals surface area (Å²) in [5.74, 6) is 0.529. The van der Waals surface area contributed by atoms with Gasteiger partial charge in [0.1, 0.15) is 5.15 Å². The maximum atomic E-state index is 6.12. The van der Waals surface area contributed by atoms with Crippen molar-refractivity contribution in [1.82, 2.24) is 9.97 Å². The van der Waals surface area contributed by atoms with Gasteiger partial charge in [0.25, 0.3) is 0 Å². The fourth-order valence-electron chi connectivity index (χ4n) is 1.68. The third-order valence-corrected chi connectivity index (χ3v) is 4.26. The molecule has 1 aromatic heterocycles. The van der Waals surface area contributed by atoms with E-state index in [0.717, 1.165) is 28.6 Å². The van der Waals surface area contributed by atoms with Crippen LogP contribution in [0, 0.1) is 0 Å². The highest BCUT2D eigenvalue weighted by Gasteiger charge is 2.12. The van der Waals surface area contributed by atoms with Crippen LogP contribution in [0.2, 0.25) is 15.2 Å². The van der Waals surface area contributed by atoms with Crippen LogP contribution >= 0.6 is 50.7 Å². The molecule has 2 nitrogen and oxygen atoms in total. The number of rotatable bonds is 3. The van der Waals surface area contributed by atoms with E-state index < -0.39 is 0 Å². The Morgan fingerprint density at radius 3 is 2.26 bits per heavy atom. The van der Waals surface area contributed by atoms with Gasteiger partial charge in [-0.15, -0.1) is 0 Å². The molecule has 0 atom stereocenters. The summed E-state index contributed by atoms with van der Waals surface area (Å²) < 4.78 is 0.743. The van der Waals surface area contributed by atoms with Crippen LogP contribution < -0.4 is 0 Å². The average Bonchev–Trinajstić information content (AvgIpc) is 2.33. The summed E-state index contributed by atoms with van der Waals surface area (Å²) in [7, 11) is 0. The summed E-state index contributed by atoms with van der Waals surface area (Å²) in [5, 5.41) is 1.48. The summed E-state index contributed by atoms with van der Waals surface area (Å²) in [4.78, 5) is 8.77. The molecule has 2 aromatic rings. The van der Waals surface area contributed by atoms with Gasteiger partial charge < -0.3 is 0 Å². The highest BCUT2D eigenvalue weighted by atomic mass is 79.9. The monoisotopic (exact) mass is 378 g/mol. The number of nitrogens with zero attached hydrogens (tertiary/aromatic N) is 2. The van der Waals surface area contributed by atoms with Crippen molar-refractivity contribution in [2.45, 2.75) is 19.8 Å². The molecule has 0 fully saturated rings. The first-order chi connectivity index (χ1) is 9.01. The highest BCUT2D eigenvalue weighted by molar-refractivity contribution is 9.10. The fourth-order valence-corrected chi connectivity index (χ4v) is 2.77. The summed E-state index contributed by atoms with van der Waals surface area (Å²) >= 11 is 21.5. The van der Waals surface area contributed by atoms with Crippen molar-refractivity contribution in [3.63, 3.8) is 0 Å². The second kappa shape index (κ2) is 6.40. The summed E-state index contributed by atoms with van der Waals surface area (Å²) in [5.41, 5.74) is 1.64. The molecule has 0 bridgehead atoms. The van der Waals surface area contributed by atoms with Crippen molar-refractivity contribution >= 4 is 50.7 Å². The zero-order chi connectivity index (χ0) is 14.0. The molecule has 6 heteroatoms. The van der Waals surface area contributed by atoms with Crippen molar-refractivity contribution < 1.29 is 0 Å². The summed E-state index contributed by atoms with van der Waals surface area (Å²) in [6.45, 7) is 2.08. The fraction of sp³-hybridized carbons (Fsp3) is 0.231. The van der Waals surface area contributed by atoms with Crippen LogP contribution in [0.1, 0.15) is 19.0 Å². The summed E-state index contributed by atoms with van der Waals surface area (Å²) in [6.07, 6.45) is 1.80. The van der Waals surface area contributed by atoms with Gasteiger partial charge in [0, 0.05) is 15.6 Å². The van der Waals surface area contributed by atoms with Crippen LogP contribution in [-0.4, -0.2) is 9.97 Å². The third kappa shape index (κ3) is 3.60. The lowest BCUT2D eigenvalue weighted by atomic mass is 10.2. The maximum Gasteiger partial charge on any atom is 0.161 e. The van der Waals surface area contributed by atoms with Gasteiger partial charge in [0.05, 0.1) is 10.2 Å². The molecule has 0 amide bonds. The first-order valence-corrected chi connectivity index (χ1v) is 7.62. The van der Waals surface area contributed by atoms with E-state index in [4.69, 9.17) is 34.8 Å². The molecule has 2 rings (SSSR count). The van der Waals surface area contributed by atoms with Gasteiger partial charge in [-0.05, 0) is 40.5 Å². The molecule has 0 radical (unpaired) electrons. The molecule has 1 heterocycles. The SMILES string of the molecule is CCCc1nc(-c2cc(Cl)cc(Cl)c2)nc(Cl)c1Br. The van der Waals surface area contributed by atoms with E-state index in [9.17, 15) is 0 Å². The number of hydrogen-bond donors (Lipinski definition) is 0. The molecule has 0 N–H and O–H groups in total. The van der Waals surface area contributed by atoms with E-state index in [-0.39, 0.29) is 0 Å². The molecule has 0 aliphatic carbocycles. The van der Waals surface area contributed by atoms with Crippen molar-refractivity contribution in [2.75, 3.05) is 0 Å². The molecule has 0 unspecified atom stereocenters. The van der Waals surface area contributed by atoms with E-state index in [1.807, 2.05) is 0 Å². The standard InChI is InChI=1S/C13H10BrCl3N2/c1-2-3-10-11(14)12(17)19-13(18-10)7-4-8(15)6-9(16)5-7/h4-6H,2-3H2,1H3. The smallest absolute Gasteiger partial charge is 0.161 e. The Hall–Kier alpha value is -0.350. The zero-order valence-electron chi connectivity index (χ0n) is 10.1. The normalized spacial score (nSPS) is 10.8. The van der Waals surface area contributed by atoms with E-state index in [1.165, 1.54) is 0 Å². The third-order valence-electron chi connectivity index (χ3n) is 2.49. The molecule has 0 aliphatic heterocycles. The second-order valence-electron chi connectivity index (χ2n) is 4.01. The van der Waals surface area contributed by atoms with Gasteiger partial charge in [-0.3, -0.25) is 0 Å². The Labute approximate surface area is 135 Å². The lowest BCUT2D eigenvalue weighted by molar-refractivity contribution is 0.868. The van der Waals surface area contributed by atoms with Crippen LogP contribution in [0.5, 0.6) is 0 Å². The minimum Gasteiger partial charge on any atom is -0.232 e. The Bertz CT molecular complexity index is 597. The lowest BCUT2D eigenvalue weighted by Crippen LogP contribution is -1.98. The molecular formula is C13H10BrCl3N2. The topological polar surface area (TPSA) is 25.8 Å². The molecule has 0 spiro atoms. The number of aromatic nitrogens is 2. The van der Waals surface area contributed by atoms with Crippen LogP contribution in [-0.2, 0) is 6.42 Å². The number of aryl methyl sites for hydroxylation is 1. The largest absolute Gasteiger partial charge is 0.232 e. The molecule has 0 saturated carbocycles. The van der Waals surface area contributed by atoms with Crippen molar-refractivity contribution in [3.8, 4) is 11.4 Å². The van der Waals surface area contributed by atoms with E-state index in [1.54, 1.807) is 18.2 Å². The van der Waals surface area contributed by atoms with Gasteiger partial charge in [-0.2, -0.15) is 0 Å². The van der Waals surface area contributed by atoms with Gasteiger partial charge in [-0.25, -0.2) is 9.97 Å². The van der Waals surface area contributed by atoms with Gasteiger partial charge in [0.2, 0.25) is 0 Å². The number of benzene rings is 1. The van der Waals surface area contributed by atoms with Crippen molar-refractivity contribution in [2.24, 2.45) is 0 Å². The molecule has 19 heavy (non-hydrogen) atoms. The lowest BCUT2D eigenvalue weighted by Gasteiger charge is -2.08. The van der Waals surface area contributed by atoms with Gasteiger partial charge in [-0.1, -0.05) is 48.1 Å². The van der Waals surface area contributed by atoms with Gasteiger partial charge in [0.15, 0.2) is 5.82 Å². The Kier molecular flexibility index (Phi) is 5.07. The Balaban J connectivity index is 2.55. The molecule has 0 aliphatic rings. The predicted molar refractivity (Wildman–Crippen MR) is 84.2 cm³/mol. The van der Waals surface area contributed by atoms with E-state index in [2.05, 4.69) is 32.8 Å². The summed E-state index contributed by atoms with van der Waals surface area (Å²) in [6, 6.07) is 5.20. The Morgan fingerprint density at radius 2 is 1.68 bits per heavy atom. The van der Waals surface area contributed by atoms with E-state index in [0.29, 0.717) is 21.0 Å². The zero-order valence-corrected chi connectivity index (χ0v) is 13.9. The van der Waals surface area contributed by atoms with Crippen molar-refractivity contribution in [3.05, 3.63) is 43.6 Å². The van der Waals surface area contributed by atoms with E-state index >= 15 is 0 Å². The highest BCUT2D eigenvalue weighted by Crippen LogP contribution is 2.30. The second-order valence-corrected chi connectivity index (χ2v) is 6.03. The van der Waals surface area contributed by atoms with Gasteiger partial charge >= 0.3 is 0 Å². The van der Waals surface area contributed by atoms with Crippen LogP contribution in [0.25, 0.3) is 11.4 Å². The maximum absolute atomic E-state index is 6.12. The minimum absolute atomic E-state index is 0.393. The average molecular weight is 380 g/mol. The molecule has 0 saturated heterocycles. The molecule has 100 valence electrons. The Morgan fingerprint density at radius 1 is 1.05 bits per heavy atom. The molecular weight excluding hydrogens is 370 g/mol. The van der Waals surface area contributed by atoms with Crippen LogP contribution in [0.4, 0.5) is 0 Å². The number of hydrogen-bond acceptors (Lipinski definition) is 2. The molecule has 1 aromatic carbocycles. The first-order valence-electron chi connectivity index (χ1n) is 5.69. The minimum atomic E-state index is 0.393. The van der Waals surface area contributed by atoms with Crippen molar-refractivity contribution in [1.29, 1.82) is 0 Å². The van der Waals surface area contributed by atoms with Crippen LogP contribution in [0.3, 0.4) is 0 Å². The van der Waals surface area contributed by atoms with Crippen LogP contribution in [0.15, 0.2) is 22.7 Å².